The maximum Gasteiger partial charge on any atom is 0.159 e. The van der Waals surface area contributed by atoms with E-state index >= 15 is 0 Å². The summed E-state index contributed by atoms with van der Waals surface area (Å²) in [5, 5.41) is 0. The summed E-state index contributed by atoms with van der Waals surface area (Å²) >= 11 is 0. The maximum atomic E-state index is 13.1. The summed E-state index contributed by atoms with van der Waals surface area (Å²) in [6, 6.07) is 12.0. The van der Waals surface area contributed by atoms with Crippen LogP contribution in [-0.4, -0.2) is 6.54 Å². The Morgan fingerprint density at radius 2 is 1.56 bits per heavy atom. The van der Waals surface area contributed by atoms with Gasteiger partial charge in [0.1, 0.15) is 0 Å². The molecule has 0 atom stereocenters. The second kappa shape index (κ2) is 5.74. The van der Waals surface area contributed by atoms with Crippen LogP contribution >= 0.6 is 0 Å². The fourth-order valence-corrected chi connectivity index (χ4v) is 1.95. The van der Waals surface area contributed by atoms with Crippen LogP contribution in [0.3, 0.4) is 0 Å². The van der Waals surface area contributed by atoms with Crippen LogP contribution in [0.2, 0.25) is 0 Å². The third-order valence-electron chi connectivity index (χ3n) is 2.82. The maximum absolute atomic E-state index is 13.1. The topological polar surface area (TPSA) is 26.0 Å². The Balaban J connectivity index is 2.17. The van der Waals surface area contributed by atoms with Crippen molar-refractivity contribution in [2.45, 2.75) is 12.8 Å². The summed E-state index contributed by atoms with van der Waals surface area (Å²) in [6.07, 6.45) is 1.42. The molecule has 0 bridgehead atoms. The number of rotatable bonds is 4. The Hall–Kier alpha value is -1.74. The van der Waals surface area contributed by atoms with Crippen molar-refractivity contribution < 1.29 is 8.78 Å². The first-order valence-electron chi connectivity index (χ1n) is 5.91. The van der Waals surface area contributed by atoms with Gasteiger partial charge in [0, 0.05) is 0 Å². The van der Waals surface area contributed by atoms with Crippen molar-refractivity contribution in [1.29, 1.82) is 0 Å². The first-order valence-corrected chi connectivity index (χ1v) is 5.91. The molecule has 3 heteroatoms. The molecular weight excluding hydrogens is 232 g/mol. The highest BCUT2D eigenvalue weighted by molar-refractivity contribution is 5.30. The van der Waals surface area contributed by atoms with Crippen molar-refractivity contribution in [3.05, 3.63) is 70.8 Å². The highest BCUT2D eigenvalue weighted by Gasteiger charge is 2.03. The molecular formula is C15H15F2N. The van der Waals surface area contributed by atoms with Crippen LogP contribution in [0.25, 0.3) is 0 Å². The summed E-state index contributed by atoms with van der Waals surface area (Å²) in [4.78, 5) is 0. The van der Waals surface area contributed by atoms with Gasteiger partial charge >= 0.3 is 0 Å². The van der Waals surface area contributed by atoms with E-state index in [9.17, 15) is 8.78 Å². The lowest BCUT2D eigenvalue weighted by atomic mass is 10.0. The molecule has 0 heterocycles. The Morgan fingerprint density at radius 1 is 0.833 bits per heavy atom. The Morgan fingerprint density at radius 3 is 2.28 bits per heavy atom. The van der Waals surface area contributed by atoms with Crippen molar-refractivity contribution >= 4 is 0 Å². The second-order valence-corrected chi connectivity index (χ2v) is 4.28. The van der Waals surface area contributed by atoms with Crippen LogP contribution in [-0.2, 0) is 12.8 Å². The van der Waals surface area contributed by atoms with Crippen LogP contribution in [0.1, 0.15) is 16.7 Å². The van der Waals surface area contributed by atoms with Crippen LogP contribution in [0.5, 0.6) is 0 Å². The van der Waals surface area contributed by atoms with Crippen molar-refractivity contribution in [1.82, 2.24) is 0 Å². The first kappa shape index (κ1) is 12.7. The summed E-state index contributed by atoms with van der Waals surface area (Å²) < 4.78 is 25.9. The third kappa shape index (κ3) is 3.14. The molecule has 94 valence electrons. The van der Waals surface area contributed by atoms with Crippen molar-refractivity contribution in [2.75, 3.05) is 6.54 Å². The quantitative estimate of drug-likeness (QED) is 0.883. The fourth-order valence-electron chi connectivity index (χ4n) is 1.95. The predicted octanol–water partition coefficient (Wildman–Crippen LogP) is 3.06. The largest absolute Gasteiger partial charge is 0.330 e. The number of halogens is 2. The molecule has 0 unspecified atom stereocenters. The SMILES string of the molecule is NCCc1cccc(Cc2ccc(F)c(F)c2)c1. The minimum atomic E-state index is -0.810. The molecule has 2 aromatic rings. The zero-order valence-corrected chi connectivity index (χ0v) is 10.00. The van der Waals surface area contributed by atoms with Crippen molar-refractivity contribution in [2.24, 2.45) is 5.73 Å². The fraction of sp³-hybridized carbons (Fsp3) is 0.200. The van der Waals surface area contributed by atoms with E-state index in [-0.39, 0.29) is 0 Å². The highest BCUT2D eigenvalue weighted by atomic mass is 19.2. The molecule has 18 heavy (non-hydrogen) atoms. The Labute approximate surface area is 105 Å². The Bertz CT molecular complexity index is 538. The van der Waals surface area contributed by atoms with Gasteiger partial charge in [-0.1, -0.05) is 30.3 Å². The van der Waals surface area contributed by atoms with Gasteiger partial charge < -0.3 is 5.73 Å². The molecule has 0 aliphatic heterocycles. The summed E-state index contributed by atoms with van der Waals surface area (Å²) in [5.74, 6) is -1.61. The standard InChI is InChI=1S/C15H15F2N/c16-14-5-4-13(10-15(14)17)9-12-3-1-2-11(8-12)6-7-18/h1-5,8,10H,6-7,9,18H2. The van der Waals surface area contributed by atoms with Gasteiger partial charge in [0.05, 0.1) is 0 Å². The zero-order chi connectivity index (χ0) is 13.0. The van der Waals surface area contributed by atoms with Gasteiger partial charge in [0.15, 0.2) is 11.6 Å². The lowest BCUT2D eigenvalue weighted by Gasteiger charge is -2.05. The molecule has 2 rings (SSSR count). The van der Waals surface area contributed by atoms with E-state index in [1.54, 1.807) is 6.07 Å². The average Bonchev–Trinajstić information content (AvgIpc) is 2.35. The van der Waals surface area contributed by atoms with Gasteiger partial charge in [-0.25, -0.2) is 8.78 Å². The van der Waals surface area contributed by atoms with Gasteiger partial charge in [-0.3, -0.25) is 0 Å². The van der Waals surface area contributed by atoms with E-state index in [0.29, 0.717) is 13.0 Å². The van der Waals surface area contributed by atoms with Gasteiger partial charge in [0.2, 0.25) is 0 Å². The second-order valence-electron chi connectivity index (χ2n) is 4.28. The zero-order valence-electron chi connectivity index (χ0n) is 10.00. The molecule has 2 N–H and O–H groups in total. The number of nitrogens with two attached hydrogens (primary N) is 1. The molecule has 0 amide bonds. The minimum absolute atomic E-state index is 0.593. The summed E-state index contributed by atoms with van der Waals surface area (Å²) in [6.45, 7) is 0.606. The van der Waals surface area contributed by atoms with Crippen LogP contribution in [0.15, 0.2) is 42.5 Å². The number of benzene rings is 2. The van der Waals surface area contributed by atoms with E-state index in [2.05, 4.69) is 0 Å². The molecule has 0 spiro atoms. The minimum Gasteiger partial charge on any atom is -0.330 e. The van der Waals surface area contributed by atoms with Crippen molar-refractivity contribution in [3.63, 3.8) is 0 Å². The van der Waals surface area contributed by atoms with Crippen LogP contribution in [0.4, 0.5) is 8.78 Å². The van der Waals surface area contributed by atoms with E-state index in [0.717, 1.165) is 29.2 Å². The van der Waals surface area contributed by atoms with Crippen molar-refractivity contribution in [3.8, 4) is 0 Å². The van der Waals surface area contributed by atoms with E-state index in [4.69, 9.17) is 5.73 Å². The molecule has 0 fully saturated rings. The lowest BCUT2D eigenvalue weighted by molar-refractivity contribution is 0.507. The lowest BCUT2D eigenvalue weighted by Crippen LogP contribution is -2.03. The molecule has 0 radical (unpaired) electrons. The third-order valence-corrected chi connectivity index (χ3v) is 2.82. The molecule has 0 saturated carbocycles. The average molecular weight is 247 g/mol. The van der Waals surface area contributed by atoms with Crippen LogP contribution < -0.4 is 5.73 Å². The highest BCUT2D eigenvalue weighted by Crippen LogP contribution is 2.14. The molecule has 0 aromatic heterocycles. The molecule has 0 aliphatic carbocycles. The molecule has 2 aromatic carbocycles. The first-order chi connectivity index (χ1) is 8.69. The van der Waals surface area contributed by atoms with E-state index < -0.39 is 11.6 Å². The predicted molar refractivity (Wildman–Crippen MR) is 68.4 cm³/mol. The van der Waals surface area contributed by atoms with Gasteiger partial charge in [0.25, 0.3) is 0 Å². The Kier molecular flexibility index (Phi) is 4.05. The van der Waals surface area contributed by atoms with Crippen LogP contribution in [0, 0.1) is 11.6 Å². The molecule has 1 nitrogen and oxygen atoms in total. The normalized spacial score (nSPS) is 10.6. The number of hydrogen-bond acceptors (Lipinski definition) is 1. The van der Waals surface area contributed by atoms with E-state index in [1.807, 2.05) is 24.3 Å². The number of hydrogen-bond donors (Lipinski definition) is 1. The molecule has 0 aliphatic rings. The monoisotopic (exact) mass is 247 g/mol. The van der Waals surface area contributed by atoms with Gasteiger partial charge in [-0.15, -0.1) is 0 Å². The molecule has 0 saturated heterocycles. The van der Waals surface area contributed by atoms with E-state index in [1.165, 1.54) is 6.07 Å². The summed E-state index contributed by atoms with van der Waals surface area (Å²) in [7, 11) is 0. The summed E-state index contributed by atoms with van der Waals surface area (Å²) in [5.41, 5.74) is 8.51. The smallest absolute Gasteiger partial charge is 0.159 e. The van der Waals surface area contributed by atoms with Gasteiger partial charge in [-0.05, 0) is 48.2 Å². The van der Waals surface area contributed by atoms with Gasteiger partial charge in [-0.2, -0.15) is 0 Å².